The summed E-state index contributed by atoms with van der Waals surface area (Å²) in [5.41, 5.74) is 6.13. The maximum absolute atomic E-state index is 5.75. The summed E-state index contributed by atoms with van der Waals surface area (Å²) < 4.78 is 10.5. The molecule has 2 aromatic rings. The van der Waals surface area contributed by atoms with Crippen molar-refractivity contribution in [3.63, 3.8) is 0 Å². The Hall–Kier alpha value is -1.52. The van der Waals surface area contributed by atoms with Gasteiger partial charge in [-0.05, 0) is 24.3 Å². The lowest BCUT2D eigenvalue weighted by Gasteiger charge is -2.02. The van der Waals surface area contributed by atoms with Gasteiger partial charge in [0.2, 0.25) is 0 Å². The Morgan fingerprint density at radius 3 is 2.69 bits per heavy atom. The number of aromatic nitrogens is 1. The molecule has 0 saturated heterocycles. The second-order valence-corrected chi connectivity index (χ2v) is 3.67. The van der Waals surface area contributed by atoms with Crippen LogP contribution in [0.2, 0.25) is 5.02 Å². The van der Waals surface area contributed by atoms with Crippen molar-refractivity contribution in [2.24, 2.45) is 5.73 Å². The second-order valence-electron chi connectivity index (χ2n) is 3.23. The van der Waals surface area contributed by atoms with Gasteiger partial charge in [0.05, 0.1) is 5.69 Å². The van der Waals surface area contributed by atoms with Crippen molar-refractivity contribution in [2.75, 3.05) is 0 Å². The summed E-state index contributed by atoms with van der Waals surface area (Å²) in [5.74, 6) is 1.38. The van der Waals surface area contributed by atoms with Crippen molar-refractivity contribution in [3.8, 4) is 5.75 Å². The van der Waals surface area contributed by atoms with E-state index in [0.29, 0.717) is 23.9 Å². The topological polar surface area (TPSA) is 61.3 Å². The molecule has 0 radical (unpaired) electrons. The molecule has 0 aliphatic carbocycles. The molecule has 0 aliphatic heterocycles. The third kappa shape index (κ3) is 2.74. The molecule has 1 aromatic heterocycles. The molecule has 0 saturated carbocycles. The average Bonchev–Trinajstić information content (AvgIpc) is 2.76. The number of nitrogens with two attached hydrogens (primary N) is 1. The van der Waals surface area contributed by atoms with E-state index in [1.165, 1.54) is 0 Å². The van der Waals surface area contributed by atoms with Crippen molar-refractivity contribution < 1.29 is 9.26 Å². The summed E-state index contributed by atoms with van der Waals surface area (Å²) in [6.45, 7) is 0.694. The first-order valence-corrected chi connectivity index (χ1v) is 5.18. The molecule has 5 heteroatoms. The first kappa shape index (κ1) is 11.0. The first-order chi connectivity index (χ1) is 7.78. The van der Waals surface area contributed by atoms with Crippen LogP contribution in [0.1, 0.15) is 11.5 Å². The van der Waals surface area contributed by atoms with Crippen molar-refractivity contribution in [1.82, 2.24) is 5.16 Å². The van der Waals surface area contributed by atoms with Crippen LogP contribution in [-0.2, 0) is 13.2 Å². The Morgan fingerprint density at radius 1 is 1.31 bits per heavy atom. The highest BCUT2D eigenvalue weighted by atomic mass is 35.5. The summed E-state index contributed by atoms with van der Waals surface area (Å²) in [7, 11) is 0. The van der Waals surface area contributed by atoms with Crippen LogP contribution in [0.4, 0.5) is 0 Å². The zero-order chi connectivity index (χ0) is 11.4. The third-order valence-corrected chi connectivity index (χ3v) is 2.26. The molecule has 0 fully saturated rings. The number of ether oxygens (including phenoxy) is 1. The fourth-order valence-corrected chi connectivity index (χ4v) is 1.33. The maximum atomic E-state index is 5.75. The summed E-state index contributed by atoms with van der Waals surface area (Å²) in [6.07, 6.45) is 0. The van der Waals surface area contributed by atoms with Gasteiger partial charge in [-0.2, -0.15) is 0 Å². The van der Waals surface area contributed by atoms with Gasteiger partial charge >= 0.3 is 0 Å². The number of hydrogen-bond acceptors (Lipinski definition) is 4. The van der Waals surface area contributed by atoms with Gasteiger partial charge in [-0.3, -0.25) is 0 Å². The van der Waals surface area contributed by atoms with Gasteiger partial charge in [0, 0.05) is 17.6 Å². The zero-order valence-electron chi connectivity index (χ0n) is 8.52. The van der Waals surface area contributed by atoms with Gasteiger partial charge < -0.3 is 15.0 Å². The monoisotopic (exact) mass is 238 g/mol. The van der Waals surface area contributed by atoms with Gasteiger partial charge in [-0.15, -0.1) is 0 Å². The molecule has 1 aromatic carbocycles. The molecule has 1 heterocycles. The zero-order valence-corrected chi connectivity index (χ0v) is 9.28. The summed E-state index contributed by atoms with van der Waals surface area (Å²) in [5, 5.41) is 4.44. The van der Waals surface area contributed by atoms with E-state index in [1.807, 2.05) is 0 Å². The predicted octanol–water partition coefficient (Wildman–Crippen LogP) is 2.37. The van der Waals surface area contributed by atoms with Gasteiger partial charge in [-0.25, -0.2) is 0 Å². The molecule has 2 N–H and O–H groups in total. The molecule has 0 atom stereocenters. The van der Waals surface area contributed by atoms with Crippen LogP contribution in [0, 0.1) is 0 Å². The number of hydrogen-bond donors (Lipinski definition) is 1. The average molecular weight is 239 g/mol. The van der Waals surface area contributed by atoms with Crippen molar-refractivity contribution in [2.45, 2.75) is 13.2 Å². The standard InChI is InChI=1S/C11H11ClN2O2/c12-8-1-3-10(4-2-8)15-7-11-5-9(6-13)14-16-11/h1-5H,6-7,13H2. The van der Waals surface area contributed by atoms with Crippen LogP contribution in [0.5, 0.6) is 5.75 Å². The second kappa shape index (κ2) is 5.01. The Labute approximate surface area is 97.9 Å². The quantitative estimate of drug-likeness (QED) is 0.888. The SMILES string of the molecule is NCc1cc(COc2ccc(Cl)cc2)on1. The van der Waals surface area contributed by atoms with Gasteiger partial charge in [0.1, 0.15) is 12.4 Å². The van der Waals surface area contributed by atoms with Crippen molar-refractivity contribution in [3.05, 3.63) is 46.8 Å². The van der Waals surface area contributed by atoms with E-state index in [4.69, 9.17) is 26.6 Å². The lowest BCUT2D eigenvalue weighted by atomic mass is 10.3. The summed E-state index contributed by atoms with van der Waals surface area (Å²) in [6, 6.07) is 8.90. The summed E-state index contributed by atoms with van der Waals surface area (Å²) in [4.78, 5) is 0. The van der Waals surface area contributed by atoms with E-state index in [1.54, 1.807) is 30.3 Å². The van der Waals surface area contributed by atoms with Crippen LogP contribution in [0.3, 0.4) is 0 Å². The van der Waals surface area contributed by atoms with Gasteiger partial charge in [-0.1, -0.05) is 16.8 Å². The van der Waals surface area contributed by atoms with E-state index >= 15 is 0 Å². The lowest BCUT2D eigenvalue weighted by Crippen LogP contribution is -1.95. The fourth-order valence-electron chi connectivity index (χ4n) is 1.21. The van der Waals surface area contributed by atoms with Crippen molar-refractivity contribution in [1.29, 1.82) is 0 Å². The fraction of sp³-hybridized carbons (Fsp3) is 0.182. The van der Waals surface area contributed by atoms with Crippen molar-refractivity contribution >= 4 is 11.6 Å². The smallest absolute Gasteiger partial charge is 0.174 e. The van der Waals surface area contributed by atoms with Crippen LogP contribution >= 0.6 is 11.6 Å². The molecular weight excluding hydrogens is 228 g/mol. The number of rotatable bonds is 4. The van der Waals surface area contributed by atoms with E-state index in [2.05, 4.69) is 5.16 Å². The van der Waals surface area contributed by atoms with Crippen LogP contribution in [0.25, 0.3) is 0 Å². The molecule has 0 bridgehead atoms. The summed E-state index contributed by atoms with van der Waals surface area (Å²) >= 11 is 5.75. The minimum absolute atomic E-state index is 0.328. The molecule has 84 valence electrons. The van der Waals surface area contributed by atoms with E-state index in [9.17, 15) is 0 Å². The number of benzene rings is 1. The van der Waals surface area contributed by atoms with Gasteiger partial charge in [0.25, 0.3) is 0 Å². The van der Waals surface area contributed by atoms with E-state index < -0.39 is 0 Å². The largest absolute Gasteiger partial charge is 0.486 e. The van der Waals surface area contributed by atoms with Crippen LogP contribution in [0.15, 0.2) is 34.9 Å². The molecule has 16 heavy (non-hydrogen) atoms. The highest BCUT2D eigenvalue weighted by Gasteiger charge is 2.03. The third-order valence-electron chi connectivity index (χ3n) is 2.01. The maximum Gasteiger partial charge on any atom is 0.174 e. The molecule has 0 amide bonds. The molecule has 2 rings (SSSR count). The minimum Gasteiger partial charge on any atom is -0.486 e. The highest BCUT2D eigenvalue weighted by Crippen LogP contribution is 2.17. The predicted molar refractivity (Wildman–Crippen MR) is 60.2 cm³/mol. The first-order valence-electron chi connectivity index (χ1n) is 4.81. The van der Waals surface area contributed by atoms with E-state index in [-0.39, 0.29) is 0 Å². The molecule has 0 spiro atoms. The van der Waals surface area contributed by atoms with E-state index in [0.717, 1.165) is 11.4 Å². The Bertz CT molecular complexity index is 453. The number of nitrogens with zero attached hydrogens (tertiary/aromatic N) is 1. The van der Waals surface area contributed by atoms with Gasteiger partial charge in [0.15, 0.2) is 5.76 Å². The Kier molecular flexibility index (Phi) is 3.44. The normalized spacial score (nSPS) is 10.4. The number of halogens is 1. The lowest BCUT2D eigenvalue weighted by molar-refractivity contribution is 0.248. The van der Waals surface area contributed by atoms with Crippen LogP contribution < -0.4 is 10.5 Å². The molecule has 0 unspecified atom stereocenters. The highest BCUT2D eigenvalue weighted by molar-refractivity contribution is 6.30. The Balaban J connectivity index is 1.94. The minimum atomic E-state index is 0.328. The van der Waals surface area contributed by atoms with Crippen LogP contribution in [-0.4, -0.2) is 5.16 Å². The Morgan fingerprint density at radius 2 is 2.06 bits per heavy atom. The molecule has 4 nitrogen and oxygen atoms in total. The molecular formula is C11H11ClN2O2. The molecule has 0 aliphatic rings.